The Morgan fingerprint density at radius 2 is 1.50 bits per heavy atom. The van der Waals surface area contributed by atoms with Crippen LogP contribution >= 0.6 is 0 Å². The van der Waals surface area contributed by atoms with Gasteiger partial charge in [0.1, 0.15) is 0 Å². The molecule has 0 saturated heterocycles. The molecule has 124 valence electrons. The molecule has 0 unspecified atom stereocenters. The predicted octanol–water partition coefficient (Wildman–Crippen LogP) is 0.237. The molecule has 0 saturated carbocycles. The molecule has 0 bridgehead atoms. The molecule has 3 N–H and O–H groups in total. The zero-order valence-corrected chi connectivity index (χ0v) is 12.6. The molecule has 0 aromatic carbocycles. The number of nitrogens with zero attached hydrogens (tertiary/aromatic N) is 1. The predicted molar refractivity (Wildman–Crippen MR) is 78.1 cm³/mol. The van der Waals surface area contributed by atoms with Gasteiger partial charge >= 0.3 is 11.9 Å². The summed E-state index contributed by atoms with van der Waals surface area (Å²) in [4.78, 5) is 45.5. The van der Waals surface area contributed by atoms with Crippen LogP contribution in [-0.2, 0) is 19.2 Å². The maximum Gasteiger partial charge on any atom is 0.305 e. The Labute approximate surface area is 128 Å². The SMILES string of the molecule is C=C(C)C(=O)NCCCC(=O)N(CCC(=O)O)CCC(=O)O. The molecule has 0 fully saturated rings. The van der Waals surface area contributed by atoms with Gasteiger partial charge in [-0.15, -0.1) is 0 Å². The molecular formula is C14H22N2O6. The van der Waals surface area contributed by atoms with E-state index in [1.54, 1.807) is 6.92 Å². The molecule has 0 aliphatic rings. The van der Waals surface area contributed by atoms with Crippen LogP contribution in [0, 0.1) is 0 Å². The van der Waals surface area contributed by atoms with E-state index in [-0.39, 0.29) is 44.2 Å². The van der Waals surface area contributed by atoms with Crippen molar-refractivity contribution in [2.24, 2.45) is 0 Å². The number of carbonyl (C=O) groups is 4. The van der Waals surface area contributed by atoms with Crippen molar-refractivity contribution in [1.82, 2.24) is 10.2 Å². The van der Waals surface area contributed by atoms with Crippen molar-refractivity contribution in [1.29, 1.82) is 0 Å². The van der Waals surface area contributed by atoms with Gasteiger partial charge in [0, 0.05) is 31.6 Å². The van der Waals surface area contributed by atoms with Crippen molar-refractivity contribution >= 4 is 23.8 Å². The van der Waals surface area contributed by atoms with Gasteiger partial charge in [0.25, 0.3) is 0 Å². The van der Waals surface area contributed by atoms with Gasteiger partial charge in [-0.05, 0) is 13.3 Å². The van der Waals surface area contributed by atoms with E-state index in [0.717, 1.165) is 0 Å². The van der Waals surface area contributed by atoms with Crippen molar-refractivity contribution < 1.29 is 29.4 Å². The second-order valence-electron chi connectivity index (χ2n) is 4.81. The standard InChI is InChI=1S/C14H22N2O6/c1-10(2)14(22)15-7-3-4-11(17)16(8-5-12(18)19)9-6-13(20)21/h1,3-9H2,2H3,(H,15,22)(H,18,19)(H,20,21). The van der Waals surface area contributed by atoms with Gasteiger partial charge in [-0.1, -0.05) is 6.58 Å². The molecule has 0 atom stereocenters. The van der Waals surface area contributed by atoms with Crippen LogP contribution in [0.1, 0.15) is 32.6 Å². The summed E-state index contributed by atoms with van der Waals surface area (Å²) in [6.07, 6.45) is 0.0136. The average molecular weight is 314 g/mol. The summed E-state index contributed by atoms with van der Waals surface area (Å²) in [5.74, 6) is -2.73. The smallest absolute Gasteiger partial charge is 0.305 e. The van der Waals surface area contributed by atoms with E-state index in [1.807, 2.05) is 0 Å². The van der Waals surface area contributed by atoms with Crippen LogP contribution in [0.5, 0.6) is 0 Å². The zero-order chi connectivity index (χ0) is 17.1. The third-order valence-electron chi connectivity index (χ3n) is 2.78. The van der Waals surface area contributed by atoms with Crippen LogP contribution in [-0.4, -0.2) is 58.5 Å². The highest BCUT2D eigenvalue weighted by atomic mass is 16.4. The molecule has 0 aliphatic heterocycles. The average Bonchev–Trinajstić information content (AvgIpc) is 2.42. The van der Waals surface area contributed by atoms with E-state index < -0.39 is 11.9 Å². The molecule has 0 aliphatic carbocycles. The minimum Gasteiger partial charge on any atom is -0.481 e. The second-order valence-corrected chi connectivity index (χ2v) is 4.81. The summed E-state index contributed by atoms with van der Waals surface area (Å²) in [7, 11) is 0. The topological polar surface area (TPSA) is 124 Å². The van der Waals surface area contributed by atoms with Gasteiger partial charge in [-0.3, -0.25) is 19.2 Å². The molecular weight excluding hydrogens is 292 g/mol. The molecule has 0 aromatic heterocycles. The number of aliphatic carboxylic acids is 2. The number of hydrogen-bond donors (Lipinski definition) is 3. The molecule has 8 nitrogen and oxygen atoms in total. The Balaban J connectivity index is 4.24. The first-order valence-electron chi connectivity index (χ1n) is 6.89. The number of carboxylic acids is 2. The van der Waals surface area contributed by atoms with Gasteiger partial charge in [-0.25, -0.2) is 0 Å². The molecule has 0 aromatic rings. The lowest BCUT2D eigenvalue weighted by Gasteiger charge is -2.21. The number of carbonyl (C=O) groups excluding carboxylic acids is 2. The number of nitrogens with one attached hydrogen (secondary N) is 1. The minimum absolute atomic E-state index is 0.0282. The lowest BCUT2D eigenvalue weighted by atomic mass is 10.2. The lowest BCUT2D eigenvalue weighted by Crippen LogP contribution is -2.35. The van der Waals surface area contributed by atoms with Crippen molar-refractivity contribution in [2.75, 3.05) is 19.6 Å². The van der Waals surface area contributed by atoms with Crippen LogP contribution in [0.2, 0.25) is 0 Å². The number of amides is 2. The molecule has 8 heteroatoms. The first kappa shape index (κ1) is 19.6. The number of rotatable bonds is 11. The van der Waals surface area contributed by atoms with E-state index in [1.165, 1.54) is 4.90 Å². The monoisotopic (exact) mass is 314 g/mol. The Morgan fingerprint density at radius 3 is 1.91 bits per heavy atom. The van der Waals surface area contributed by atoms with Crippen LogP contribution in [0.25, 0.3) is 0 Å². The van der Waals surface area contributed by atoms with Crippen LogP contribution < -0.4 is 5.32 Å². The summed E-state index contributed by atoms with van der Waals surface area (Å²) in [5.41, 5.74) is 0.371. The summed E-state index contributed by atoms with van der Waals surface area (Å²) < 4.78 is 0. The third kappa shape index (κ3) is 9.51. The summed E-state index contributed by atoms with van der Waals surface area (Å²) in [6.45, 7) is 5.29. The van der Waals surface area contributed by atoms with Crippen LogP contribution in [0.15, 0.2) is 12.2 Å². The second kappa shape index (κ2) is 10.4. The first-order valence-corrected chi connectivity index (χ1v) is 6.89. The summed E-state index contributed by atoms with van der Waals surface area (Å²) in [6, 6.07) is 0. The van der Waals surface area contributed by atoms with Crippen molar-refractivity contribution in [3.05, 3.63) is 12.2 Å². The highest BCUT2D eigenvalue weighted by molar-refractivity contribution is 5.92. The fraction of sp³-hybridized carbons (Fsp3) is 0.571. The van der Waals surface area contributed by atoms with Gasteiger partial charge in [0.2, 0.25) is 11.8 Å². The maximum absolute atomic E-state index is 12.0. The van der Waals surface area contributed by atoms with Crippen LogP contribution in [0.4, 0.5) is 0 Å². The fourth-order valence-corrected chi connectivity index (χ4v) is 1.57. The van der Waals surface area contributed by atoms with Gasteiger partial charge in [0.05, 0.1) is 12.8 Å². The zero-order valence-electron chi connectivity index (χ0n) is 12.6. The van der Waals surface area contributed by atoms with E-state index in [2.05, 4.69) is 11.9 Å². The van der Waals surface area contributed by atoms with Gasteiger partial charge in [-0.2, -0.15) is 0 Å². The molecule has 0 heterocycles. The Morgan fingerprint density at radius 1 is 1.00 bits per heavy atom. The largest absolute Gasteiger partial charge is 0.481 e. The van der Waals surface area contributed by atoms with Crippen molar-refractivity contribution in [3.8, 4) is 0 Å². The fourth-order valence-electron chi connectivity index (χ4n) is 1.57. The van der Waals surface area contributed by atoms with E-state index >= 15 is 0 Å². The highest BCUT2D eigenvalue weighted by Gasteiger charge is 2.15. The first-order chi connectivity index (χ1) is 10.2. The normalized spacial score (nSPS) is 9.86. The Hall–Kier alpha value is -2.38. The highest BCUT2D eigenvalue weighted by Crippen LogP contribution is 2.02. The van der Waals surface area contributed by atoms with E-state index in [4.69, 9.17) is 10.2 Å². The van der Waals surface area contributed by atoms with E-state index in [0.29, 0.717) is 18.5 Å². The number of hydrogen-bond acceptors (Lipinski definition) is 4. The molecule has 0 radical (unpaired) electrons. The van der Waals surface area contributed by atoms with Gasteiger partial charge < -0.3 is 20.4 Å². The van der Waals surface area contributed by atoms with E-state index in [9.17, 15) is 19.2 Å². The Bertz CT molecular complexity index is 429. The number of carboxylic acid groups (broad SMARTS) is 2. The summed E-state index contributed by atoms with van der Waals surface area (Å²) in [5, 5.41) is 19.9. The van der Waals surface area contributed by atoms with Crippen LogP contribution in [0.3, 0.4) is 0 Å². The van der Waals surface area contributed by atoms with Crippen molar-refractivity contribution in [2.45, 2.75) is 32.6 Å². The van der Waals surface area contributed by atoms with Gasteiger partial charge in [0.15, 0.2) is 0 Å². The molecule has 2 amide bonds. The third-order valence-corrected chi connectivity index (χ3v) is 2.78. The summed E-state index contributed by atoms with van der Waals surface area (Å²) >= 11 is 0. The minimum atomic E-state index is -1.05. The maximum atomic E-state index is 12.0. The van der Waals surface area contributed by atoms with Crippen molar-refractivity contribution in [3.63, 3.8) is 0 Å². The lowest BCUT2D eigenvalue weighted by molar-refractivity contribution is -0.139. The Kier molecular flexibility index (Phi) is 9.24. The molecule has 0 rings (SSSR count). The molecule has 0 spiro atoms. The quantitative estimate of drug-likeness (QED) is 0.370. The molecule has 22 heavy (non-hydrogen) atoms.